The number of hydrogen-bond acceptors (Lipinski definition) is 3. The van der Waals surface area contributed by atoms with Crippen molar-refractivity contribution in [3.8, 4) is 0 Å². The van der Waals surface area contributed by atoms with Gasteiger partial charge < -0.3 is 15.1 Å². The lowest BCUT2D eigenvalue weighted by Gasteiger charge is -2.38. The van der Waals surface area contributed by atoms with E-state index in [9.17, 15) is 4.79 Å². The van der Waals surface area contributed by atoms with Crippen molar-refractivity contribution in [3.63, 3.8) is 0 Å². The highest BCUT2D eigenvalue weighted by Gasteiger charge is 2.40. The zero-order valence-corrected chi connectivity index (χ0v) is 16.3. The number of nitrogens with one attached hydrogen (secondary N) is 1. The van der Waals surface area contributed by atoms with E-state index < -0.39 is 0 Å². The molecule has 0 spiro atoms. The lowest BCUT2D eigenvalue weighted by Crippen LogP contribution is -2.52. The van der Waals surface area contributed by atoms with E-state index in [1.165, 1.54) is 5.56 Å². The maximum Gasteiger partial charge on any atom is 0.317 e. The number of benzene rings is 1. The summed E-state index contributed by atoms with van der Waals surface area (Å²) in [4.78, 5) is 21.3. The number of nitrogens with zero attached hydrogens (tertiary/aromatic N) is 3. The molecule has 4 rings (SSSR count). The first-order valence-corrected chi connectivity index (χ1v) is 9.94. The molecule has 2 amide bonds. The van der Waals surface area contributed by atoms with Gasteiger partial charge in [-0.1, -0.05) is 29.8 Å². The van der Waals surface area contributed by atoms with Crippen LogP contribution in [-0.4, -0.2) is 48.1 Å². The molecular formula is C21H25ClN4O. The van der Waals surface area contributed by atoms with Gasteiger partial charge >= 0.3 is 6.03 Å². The minimum Gasteiger partial charge on any atom is -0.355 e. The zero-order valence-electron chi connectivity index (χ0n) is 15.5. The predicted octanol–water partition coefficient (Wildman–Crippen LogP) is 3.90. The summed E-state index contributed by atoms with van der Waals surface area (Å²) in [5, 5.41) is 3.93. The van der Waals surface area contributed by atoms with Gasteiger partial charge in [-0.2, -0.15) is 0 Å². The van der Waals surface area contributed by atoms with Crippen molar-refractivity contribution in [1.29, 1.82) is 0 Å². The fourth-order valence-electron chi connectivity index (χ4n) is 3.88. The second-order valence-electron chi connectivity index (χ2n) is 7.49. The van der Waals surface area contributed by atoms with Gasteiger partial charge in [-0.15, -0.1) is 0 Å². The molecule has 142 valence electrons. The van der Waals surface area contributed by atoms with Crippen molar-refractivity contribution in [3.05, 3.63) is 59.2 Å². The molecule has 3 atom stereocenters. The summed E-state index contributed by atoms with van der Waals surface area (Å²) >= 11 is 5.96. The summed E-state index contributed by atoms with van der Waals surface area (Å²) in [6.07, 6.45) is 4.90. The highest BCUT2D eigenvalue weighted by molar-refractivity contribution is 6.30. The fourth-order valence-corrected chi connectivity index (χ4v) is 4.00. The Kier molecular flexibility index (Phi) is 5.21. The van der Waals surface area contributed by atoms with Gasteiger partial charge in [0, 0.05) is 43.3 Å². The van der Waals surface area contributed by atoms with Crippen LogP contribution in [-0.2, 0) is 0 Å². The van der Waals surface area contributed by atoms with Gasteiger partial charge in [-0.25, -0.2) is 9.78 Å². The van der Waals surface area contributed by atoms with Gasteiger partial charge in [-0.3, -0.25) is 0 Å². The van der Waals surface area contributed by atoms with Crippen LogP contribution in [0.4, 0.5) is 10.6 Å². The second kappa shape index (κ2) is 7.77. The highest BCUT2D eigenvalue weighted by atomic mass is 35.5. The average Bonchev–Trinajstić information content (AvgIpc) is 3.47. The number of hydrogen-bond donors (Lipinski definition) is 1. The minimum absolute atomic E-state index is 0.0179. The second-order valence-corrected chi connectivity index (χ2v) is 7.93. The molecule has 1 aromatic carbocycles. The topological polar surface area (TPSA) is 48.5 Å². The molecule has 1 saturated carbocycles. The van der Waals surface area contributed by atoms with Gasteiger partial charge in [-0.05, 0) is 49.1 Å². The van der Waals surface area contributed by atoms with Gasteiger partial charge in [0.15, 0.2) is 0 Å². The SMILES string of the molecule is CN(C(=O)N[C@@H]1CC1c1ccc(Cl)cc1)C1CCCN(c2ccccn2)C1. The first kappa shape index (κ1) is 18.1. The first-order chi connectivity index (χ1) is 13.1. The summed E-state index contributed by atoms with van der Waals surface area (Å²) in [6.45, 7) is 1.82. The van der Waals surface area contributed by atoms with Crippen LogP contribution < -0.4 is 10.2 Å². The smallest absolute Gasteiger partial charge is 0.317 e. The van der Waals surface area contributed by atoms with E-state index in [4.69, 9.17) is 11.6 Å². The van der Waals surface area contributed by atoms with E-state index in [2.05, 4.69) is 27.3 Å². The Morgan fingerprint density at radius 2 is 2.07 bits per heavy atom. The van der Waals surface area contributed by atoms with E-state index in [0.29, 0.717) is 5.92 Å². The number of urea groups is 1. The van der Waals surface area contributed by atoms with Crippen molar-refractivity contribution >= 4 is 23.4 Å². The number of piperidine rings is 1. The number of pyridine rings is 1. The van der Waals surface area contributed by atoms with E-state index in [-0.39, 0.29) is 18.1 Å². The Labute approximate surface area is 165 Å². The molecule has 1 aromatic heterocycles. The Morgan fingerprint density at radius 1 is 1.26 bits per heavy atom. The van der Waals surface area contributed by atoms with Crippen molar-refractivity contribution < 1.29 is 4.79 Å². The van der Waals surface area contributed by atoms with Crippen LogP contribution in [0.5, 0.6) is 0 Å². The third kappa shape index (κ3) is 4.19. The molecule has 2 heterocycles. The standard InChI is InChI=1S/C21H25ClN4O/c1-25(17-5-4-12-26(14-17)20-6-2-3-11-23-20)21(27)24-19-13-18(19)15-7-9-16(22)10-8-15/h2-3,6-11,17-19H,4-5,12-14H2,1H3,(H,24,27)/t17?,18?,19-/m1/s1. The third-order valence-corrected chi connectivity index (χ3v) is 5.89. The number of anilines is 1. The van der Waals surface area contributed by atoms with Crippen LogP contribution in [0.1, 0.15) is 30.7 Å². The van der Waals surface area contributed by atoms with E-state index in [1.807, 2.05) is 48.5 Å². The molecule has 1 aliphatic heterocycles. The molecule has 0 bridgehead atoms. The number of halogens is 1. The lowest BCUT2D eigenvalue weighted by molar-refractivity contribution is 0.182. The van der Waals surface area contributed by atoms with Crippen molar-refractivity contribution in [2.24, 2.45) is 0 Å². The first-order valence-electron chi connectivity index (χ1n) is 9.56. The molecule has 2 aliphatic rings. The maximum absolute atomic E-state index is 12.7. The van der Waals surface area contributed by atoms with Crippen LogP contribution in [0.25, 0.3) is 0 Å². The number of likely N-dealkylation sites (N-methyl/N-ethyl adjacent to an activating group) is 1. The molecule has 27 heavy (non-hydrogen) atoms. The fraction of sp³-hybridized carbons (Fsp3) is 0.429. The Morgan fingerprint density at radius 3 is 2.81 bits per heavy atom. The quantitative estimate of drug-likeness (QED) is 0.869. The third-order valence-electron chi connectivity index (χ3n) is 5.64. The monoisotopic (exact) mass is 384 g/mol. The zero-order chi connectivity index (χ0) is 18.8. The normalized spacial score (nSPS) is 24.4. The highest BCUT2D eigenvalue weighted by Crippen LogP contribution is 2.41. The number of amides is 2. The summed E-state index contributed by atoms with van der Waals surface area (Å²) in [5.41, 5.74) is 1.24. The van der Waals surface area contributed by atoms with Gasteiger partial charge in [0.05, 0.1) is 6.04 Å². The van der Waals surface area contributed by atoms with Crippen LogP contribution in [0.15, 0.2) is 48.7 Å². The van der Waals surface area contributed by atoms with Gasteiger partial charge in [0.2, 0.25) is 0 Å². The Hall–Kier alpha value is -2.27. The Bertz CT molecular complexity index is 783. The molecule has 6 heteroatoms. The number of carbonyl (C=O) groups is 1. The minimum atomic E-state index is 0.0179. The van der Waals surface area contributed by atoms with Crippen LogP contribution >= 0.6 is 11.6 Å². The van der Waals surface area contributed by atoms with Crippen LogP contribution in [0.2, 0.25) is 5.02 Å². The molecular weight excluding hydrogens is 360 g/mol. The largest absolute Gasteiger partial charge is 0.355 e. The van der Waals surface area contributed by atoms with Gasteiger partial charge in [0.1, 0.15) is 5.82 Å². The molecule has 2 aromatic rings. The summed E-state index contributed by atoms with van der Waals surface area (Å²) in [5.74, 6) is 1.39. The van der Waals surface area contributed by atoms with Gasteiger partial charge in [0.25, 0.3) is 0 Å². The molecule has 2 fully saturated rings. The lowest BCUT2D eigenvalue weighted by atomic mass is 10.0. The van der Waals surface area contributed by atoms with Crippen molar-refractivity contribution in [1.82, 2.24) is 15.2 Å². The van der Waals surface area contributed by atoms with Crippen molar-refractivity contribution in [2.45, 2.75) is 37.3 Å². The maximum atomic E-state index is 12.7. The van der Waals surface area contributed by atoms with E-state index >= 15 is 0 Å². The van der Waals surface area contributed by atoms with E-state index in [1.54, 1.807) is 0 Å². The molecule has 0 radical (unpaired) electrons. The number of carbonyl (C=O) groups excluding carboxylic acids is 1. The summed E-state index contributed by atoms with van der Waals surface area (Å²) in [6, 6.07) is 14.3. The van der Waals surface area contributed by atoms with Crippen LogP contribution in [0.3, 0.4) is 0 Å². The molecule has 1 saturated heterocycles. The average molecular weight is 385 g/mol. The van der Waals surface area contributed by atoms with Crippen molar-refractivity contribution in [2.75, 3.05) is 25.0 Å². The molecule has 1 aliphatic carbocycles. The number of aromatic nitrogens is 1. The molecule has 2 unspecified atom stereocenters. The van der Waals surface area contributed by atoms with Crippen LogP contribution in [0, 0.1) is 0 Å². The summed E-state index contributed by atoms with van der Waals surface area (Å²) < 4.78 is 0. The van der Waals surface area contributed by atoms with E-state index in [0.717, 1.165) is 43.2 Å². The molecule has 5 nitrogen and oxygen atoms in total. The summed E-state index contributed by atoms with van der Waals surface area (Å²) in [7, 11) is 1.90. The predicted molar refractivity (Wildman–Crippen MR) is 108 cm³/mol. The number of rotatable bonds is 4. The molecule has 1 N–H and O–H groups in total. The Balaban J connectivity index is 1.32.